The summed E-state index contributed by atoms with van der Waals surface area (Å²) >= 11 is 12.5. The monoisotopic (exact) mass is 486 g/mol. The van der Waals surface area contributed by atoms with Crippen molar-refractivity contribution >= 4 is 34.2 Å². The summed E-state index contributed by atoms with van der Waals surface area (Å²) in [4.78, 5) is 4.67. The van der Waals surface area contributed by atoms with Crippen LogP contribution in [0.15, 0.2) is 54.6 Å². The van der Waals surface area contributed by atoms with Gasteiger partial charge >= 0.3 is 0 Å². The molecular weight excluding hydrogens is 465 g/mol. The Bertz CT molecular complexity index is 1320. The Morgan fingerprint density at radius 3 is 2.48 bits per heavy atom. The van der Waals surface area contributed by atoms with Crippen LogP contribution in [0.25, 0.3) is 22.4 Å². The molecule has 0 amide bonds. The van der Waals surface area contributed by atoms with Crippen molar-refractivity contribution in [2.24, 2.45) is 5.92 Å². The van der Waals surface area contributed by atoms with Crippen molar-refractivity contribution in [3.8, 4) is 17.1 Å². The van der Waals surface area contributed by atoms with Gasteiger partial charge in [0, 0.05) is 28.7 Å². The maximum absolute atomic E-state index is 14.2. The molecule has 1 saturated carbocycles. The molecule has 1 aliphatic rings. The minimum Gasteiger partial charge on any atom is -0.492 e. The molecule has 1 aromatic heterocycles. The summed E-state index contributed by atoms with van der Waals surface area (Å²) < 4.78 is 36.3. The molecule has 3 aromatic carbocycles. The molecule has 5 rings (SSSR count). The van der Waals surface area contributed by atoms with Crippen molar-refractivity contribution in [3.63, 3.8) is 0 Å². The summed E-state index contributed by atoms with van der Waals surface area (Å²) in [5.74, 6) is -0.179. The molecule has 0 saturated heterocycles. The summed E-state index contributed by atoms with van der Waals surface area (Å²) in [5.41, 5.74) is 2.48. The van der Waals surface area contributed by atoms with Gasteiger partial charge in [-0.1, -0.05) is 48.2 Å². The second kappa shape index (κ2) is 9.32. The van der Waals surface area contributed by atoms with Crippen LogP contribution in [0, 0.1) is 17.6 Å². The Hall–Kier alpha value is -2.63. The predicted molar refractivity (Wildman–Crippen MR) is 128 cm³/mol. The zero-order valence-electron chi connectivity index (χ0n) is 17.8. The number of hydrogen-bond donors (Lipinski definition) is 0. The molecule has 0 unspecified atom stereocenters. The van der Waals surface area contributed by atoms with E-state index in [1.165, 1.54) is 18.9 Å². The van der Waals surface area contributed by atoms with Crippen molar-refractivity contribution < 1.29 is 13.5 Å². The van der Waals surface area contributed by atoms with E-state index in [1.54, 1.807) is 18.2 Å². The van der Waals surface area contributed by atoms with E-state index in [9.17, 15) is 8.78 Å². The highest BCUT2D eigenvalue weighted by atomic mass is 35.5. The largest absolute Gasteiger partial charge is 0.492 e. The average Bonchev–Trinajstić information content (AvgIpc) is 3.42. The van der Waals surface area contributed by atoms with Gasteiger partial charge in [0.25, 0.3) is 0 Å². The molecule has 0 atom stereocenters. The van der Waals surface area contributed by atoms with Crippen LogP contribution in [0.5, 0.6) is 5.75 Å². The SMILES string of the molecule is Fc1cc2nc(-c3ccc(Cl)cc3OCC3CCCC3)n(Cc3cccc(Cl)c3)c2cc1F. The van der Waals surface area contributed by atoms with Gasteiger partial charge in [-0.05, 0) is 54.7 Å². The number of hydrogen-bond acceptors (Lipinski definition) is 2. The smallest absolute Gasteiger partial charge is 0.161 e. The van der Waals surface area contributed by atoms with Gasteiger partial charge < -0.3 is 9.30 Å². The Morgan fingerprint density at radius 2 is 1.70 bits per heavy atom. The molecule has 0 radical (unpaired) electrons. The highest BCUT2D eigenvalue weighted by Gasteiger charge is 2.21. The molecule has 1 heterocycles. The number of aromatic nitrogens is 2. The third kappa shape index (κ3) is 4.71. The van der Waals surface area contributed by atoms with Crippen molar-refractivity contribution in [3.05, 3.63) is 81.8 Å². The van der Waals surface area contributed by atoms with E-state index >= 15 is 0 Å². The fraction of sp³-hybridized carbons (Fsp3) is 0.269. The lowest BCUT2D eigenvalue weighted by atomic mass is 10.1. The van der Waals surface area contributed by atoms with Crippen LogP contribution in [0.3, 0.4) is 0 Å². The quantitative estimate of drug-likeness (QED) is 0.276. The van der Waals surface area contributed by atoms with Gasteiger partial charge in [0.2, 0.25) is 0 Å². The highest BCUT2D eigenvalue weighted by Crippen LogP contribution is 2.36. The maximum atomic E-state index is 14.2. The van der Waals surface area contributed by atoms with Crippen LogP contribution in [0.4, 0.5) is 8.78 Å². The number of nitrogens with zero attached hydrogens (tertiary/aromatic N) is 2. The normalized spacial score (nSPS) is 14.3. The number of halogens is 4. The van der Waals surface area contributed by atoms with Crippen molar-refractivity contribution in [2.45, 2.75) is 32.2 Å². The molecule has 0 spiro atoms. The van der Waals surface area contributed by atoms with E-state index in [1.807, 2.05) is 28.8 Å². The van der Waals surface area contributed by atoms with Crippen molar-refractivity contribution in [1.82, 2.24) is 9.55 Å². The molecule has 0 aliphatic heterocycles. The molecule has 7 heteroatoms. The second-order valence-electron chi connectivity index (χ2n) is 8.51. The number of rotatable bonds is 6. The Balaban J connectivity index is 1.62. The third-order valence-electron chi connectivity index (χ3n) is 6.15. The first-order valence-electron chi connectivity index (χ1n) is 11.0. The molecule has 1 fully saturated rings. The Labute approximate surface area is 200 Å². The van der Waals surface area contributed by atoms with Crippen molar-refractivity contribution in [2.75, 3.05) is 6.61 Å². The van der Waals surface area contributed by atoms with Crippen LogP contribution in [-0.2, 0) is 6.54 Å². The summed E-state index contributed by atoms with van der Waals surface area (Å²) in [6.07, 6.45) is 4.76. The molecule has 0 N–H and O–H groups in total. The van der Waals surface area contributed by atoms with E-state index < -0.39 is 11.6 Å². The topological polar surface area (TPSA) is 27.1 Å². The third-order valence-corrected chi connectivity index (χ3v) is 6.62. The average molecular weight is 487 g/mol. The van der Waals surface area contributed by atoms with Crippen LogP contribution >= 0.6 is 23.2 Å². The first-order valence-corrected chi connectivity index (χ1v) is 11.8. The van der Waals surface area contributed by atoms with E-state index in [-0.39, 0.29) is 0 Å². The van der Waals surface area contributed by atoms with Gasteiger partial charge in [-0.3, -0.25) is 0 Å². The summed E-state index contributed by atoms with van der Waals surface area (Å²) in [5, 5.41) is 1.15. The van der Waals surface area contributed by atoms with Gasteiger partial charge in [-0.25, -0.2) is 13.8 Å². The van der Waals surface area contributed by atoms with E-state index in [0.717, 1.165) is 30.0 Å². The number of benzene rings is 3. The lowest BCUT2D eigenvalue weighted by molar-refractivity contribution is 0.253. The number of imidazole rings is 1. The maximum Gasteiger partial charge on any atom is 0.161 e. The molecule has 33 heavy (non-hydrogen) atoms. The van der Waals surface area contributed by atoms with Gasteiger partial charge in [0.05, 0.1) is 23.2 Å². The van der Waals surface area contributed by atoms with Crippen LogP contribution < -0.4 is 4.74 Å². The van der Waals surface area contributed by atoms with Crippen LogP contribution in [-0.4, -0.2) is 16.2 Å². The second-order valence-corrected chi connectivity index (χ2v) is 9.38. The fourth-order valence-corrected chi connectivity index (χ4v) is 4.86. The number of ether oxygens (including phenoxy) is 1. The molecule has 4 aromatic rings. The zero-order chi connectivity index (χ0) is 22.9. The van der Waals surface area contributed by atoms with Crippen LogP contribution in [0.2, 0.25) is 10.0 Å². The van der Waals surface area contributed by atoms with Gasteiger partial charge in [0.15, 0.2) is 11.6 Å². The standard InChI is InChI=1S/C26H22Cl2F2N2O/c27-18-7-3-6-17(10-18)14-32-24-13-22(30)21(29)12-23(24)31-26(32)20-9-8-19(28)11-25(20)33-15-16-4-1-2-5-16/h3,6-13,16H,1-2,4-5,14-15H2. The minimum atomic E-state index is -0.935. The predicted octanol–water partition coefficient (Wildman–Crippen LogP) is 7.91. The Morgan fingerprint density at radius 1 is 0.939 bits per heavy atom. The molecule has 0 bridgehead atoms. The summed E-state index contributed by atoms with van der Waals surface area (Å²) in [6, 6.07) is 15.1. The first-order chi connectivity index (χ1) is 16.0. The molecule has 1 aliphatic carbocycles. The van der Waals surface area contributed by atoms with Gasteiger partial charge in [-0.15, -0.1) is 0 Å². The fourth-order valence-electron chi connectivity index (χ4n) is 4.49. The van der Waals surface area contributed by atoms with E-state index in [4.69, 9.17) is 27.9 Å². The lowest BCUT2D eigenvalue weighted by Crippen LogP contribution is -2.09. The molecule has 170 valence electrons. The van der Waals surface area contributed by atoms with Crippen molar-refractivity contribution in [1.29, 1.82) is 0 Å². The van der Waals surface area contributed by atoms with E-state index in [0.29, 0.717) is 51.7 Å². The zero-order valence-corrected chi connectivity index (χ0v) is 19.3. The first kappa shape index (κ1) is 22.2. The van der Waals surface area contributed by atoms with Gasteiger partial charge in [0.1, 0.15) is 11.6 Å². The van der Waals surface area contributed by atoms with Gasteiger partial charge in [-0.2, -0.15) is 0 Å². The van der Waals surface area contributed by atoms with Crippen LogP contribution in [0.1, 0.15) is 31.2 Å². The summed E-state index contributed by atoms with van der Waals surface area (Å²) in [6.45, 7) is 0.979. The molecular formula is C26H22Cl2F2N2O. The Kier molecular flexibility index (Phi) is 6.26. The summed E-state index contributed by atoms with van der Waals surface area (Å²) in [7, 11) is 0. The minimum absolute atomic E-state index is 0.364. The highest BCUT2D eigenvalue weighted by molar-refractivity contribution is 6.31. The van der Waals surface area contributed by atoms with E-state index in [2.05, 4.69) is 4.98 Å². The molecule has 3 nitrogen and oxygen atoms in total. The number of fused-ring (bicyclic) bond motifs is 1. The lowest BCUT2D eigenvalue weighted by Gasteiger charge is -2.16.